The molecule has 2 bridgehead atoms. The normalized spacial score (nSPS) is 22.9. The van der Waals surface area contributed by atoms with Crippen molar-refractivity contribution in [2.24, 2.45) is 17.8 Å². The largest absolute Gasteiger partial charge is 0.504 e. The lowest BCUT2D eigenvalue weighted by molar-refractivity contribution is -0.177. The molecule has 3 aliphatic rings. The molecule has 0 aromatic heterocycles. The molecular formula is C38H38O16. The minimum absolute atomic E-state index is 0.173. The van der Waals surface area contributed by atoms with Gasteiger partial charge in [-0.15, -0.1) is 0 Å². The Balaban J connectivity index is 1.47. The van der Waals surface area contributed by atoms with Crippen LogP contribution in [0.4, 0.5) is 0 Å². The van der Waals surface area contributed by atoms with E-state index < -0.39 is 106 Å². The smallest absolute Gasteiger partial charge is 0.347 e. The van der Waals surface area contributed by atoms with Gasteiger partial charge in [-0.1, -0.05) is 30.4 Å². The van der Waals surface area contributed by atoms with Crippen molar-refractivity contribution >= 4 is 23.9 Å². The van der Waals surface area contributed by atoms with E-state index in [1.807, 2.05) is 0 Å². The number of esters is 4. The molecule has 0 unspecified atom stereocenters. The number of ether oxygens (including phenoxy) is 4. The highest BCUT2D eigenvalue weighted by Crippen LogP contribution is 2.54. The Labute approximate surface area is 307 Å². The molecule has 286 valence electrons. The third kappa shape index (κ3) is 8.19. The van der Waals surface area contributed by atoms with Crippen LogP contribution in [0.3, 0.4) is 0 Å². The predicted octanol–water partition coefficient (Wildman–Crippen LogP) is 1.74. The molecule has 1 fully saturated rings. The standard InChI is InChI=1S/C38H38O16/c1-51-36(48)28(13-17-3-7-22(39)25(42)11-17)53-30(45)10-6-19-15-21-31(20-5-9-24(41)27(44)16-20)33(32(19)35(47)34(21)46)38(50)54-29(37(49)52-2)14-18-4-8-23(40)26(43)12-18/h3-12,15-16,21,28-29,31-35,39-44,46-47H,13-14H2,1-2H3/t21-,28-,29-,31-,32+,33+,34-,35+/m0/s1. The van der Waals surface area contributed by atoms with Crippen LogP contribution in [-0.2, 0) is 51.0 Å². The number of carbonyl (C=O) groups excluding carboxylic acids is 4. The molecular weight excluding hydrogens is 712 g/mol. The summed E-state index contributed by atoms with van der Waals surface area (Å²) in [5.41, 5.74) is 1.03. The minimum atomic E-state index is -1.62. The Hall–Kier alpha value is -6.26. The molecule has 6 rings (SSSR count). The molecule has 0 heterocycles. The quantitative estimate of drug-likeness (QED) is 0.0567. The fourth-order valence-electron chi connectivity index (χ4n) is 6.90. The van der Waals surface area contributed by atoms with Crippen LogP contribution in [0.1, 0.15) is 22.6 Å². The van der Waals surface area contributed by atoms with Gasteiger partial charge in [-0.2, -0.15) is 0 Å². The second kappa shape index (κ2) is 16.2. The minimum Gasteiger partial charge on any atom is -0.504 e. The number of benzene rings is 3. The average Bonchev–Trinajstić information content (AvgIpc) is 3.14. The topological polar surface area (TPSA) is 267 Å². The van der Waals surface area contributed by atoms with Gasteiger partial charge in [-0.05, 0) is 58.7 Å². The molecule has 0 saturated heterocycles. The van der Waals surface area contributed by atoms with Crippen LogP contribution in [0.5, 0.6) is 34.5 Å². The molecule has 3 aromatic rings. The van der Waals surface area contributed by atoms with Crippen molar-refractivity contribution in [2.45, 2.75) is 43.2 Å². The Morgan fingerprint density at radius 3 is 1.65 bits per heavy atom. The van der Waals surface area contributed by atoms with E-state index in [9.17, 15) is 60.0 Å². The van der Waals surface area contributed by atoms with E-state index in [2.05, 4.69) is 0 Å². The van der Waals surface area contributed by atoms with Gasteiger partial charge in [0.25, 0.3) is 0 Å². The number of rotatable bonds is 12. The number of fused-ring (bicyclic) bond motifs is 2. The molecule has 0 amide bonds. The van der Waals surface area contributed by atoms with E-state index in [0.29, 0.717) is 5.56 Å². The molecule has 0 spiro atoms. The molecule has 0 aliphatic heterocycles. The summed E-state index contributed by atoms with van der Waals surface area (Å²) < 4.78 is 20.6. The maximum Gasteiger partial charge on any atom is 0.347 e. The van der Waals surface area contributed by atoms with Crippen LogP contribution in [0.25, 0.3) is 0 Å². The summed E-state index contributed by atoms with van der Waals surface area (Å²) in [6.07, 6.45) is -3.05. The first-order valence-corrected chi connectivity index (χ1v) is 16.5. The Morgan fingerprint density at radius 1 is 0.648 bits per heavy atom. The third-order valence-electron chi connectivity index (χ3n) is 9.51. The Morgan fingerprint density at radius 2 is 1.15 bits per heavy atom. The maximum atomic E-state index is 14.2. The van der Waals surface area contributed by atoms with Gasteiger partial charge in [0.05, 0.1) is 32.3 Å². The summed E-state index contributed by atoms with van der Waals surface area (Å²) in [5.74, 6) is -11.5. The first-order chi connectivity index (χ1) is 25.6. The fourth-order valence-corrected chi connectivity index (χ4v) is 6.90. The molecule has 0 radical (unpaired) electrons. The maximum absolute atomic E-state index is 14.2. The number of hydrogen-bond donors (Lipinski definition) is 8. The molecule has 16 nitrogen and oxygen atoms in total. The zero-order chi connectivity index (χ0) is 39.4. The summed E-state index contributed by atoms with van der Waals surface area (Å²) in [6, 6.07) is 11.2. The first kappa shape index (κ1) is 39.0. The van der Waals surface area contributed by atoms with Crippen LogP contribution in [0.15, 0.2) is 78.4 Å². The van der Waals surface area contributed by atoms with Crippen LogP contribution < -0.4 is 0 Å². The van der Waals surface area contributed by atoms with Gasteiger partial charge >= 0.3 is 23.9 Å². The van der Waals surface area contributed by atoms with Gasteiger partial charge in [0, 0.05) is 36.7 Å². The van der Waals surface area contributed by atoms with Crippen molar-refractivity contribution in [3.05, 3.63) is 95.1 Å². The average molecular weight is 751 g/mol. The van der Waals surface area contributed by atoms with Crippen molar-refractivity contribution in [2.75, 3.05) is 14.2 Å². The summed E-state index contributed by atoms with van der Waals surface area (Å²) in [7, 11) is 2.14. The summed E-state index contributed by atoms with van der Waals surface area (Å²) in [6.45, 7) is 0. The molecule has 16 heteroatoms. The van der Waals surface area contributed by atoms with Crippen molar-refractivity contribution in [1.82, 2.24) is 0 Å². The van der Waals surface area contributed by atoms with Gasteiger partial charge in [0.15, 0.2) is 34.5 Å². The van der Waals surface area contributed by atoms with Crippen LogP contribution >= 0.6 is 0 Å². The molecule has 8 atom stereocenters. The van der Waals surface area contributed by atoms with Crippen molar-refractivity contribution in [3.8, 4) is 34.5 Å². The number of hydrogen-bond acceptors (Lipinski definition) is 16. The molecule has 8 N–H and O–H groups in total. The number of phenolic OH excluding ortho intramolecular Hbond substituents is 6. The van der Waals surface area contributed by atoms with Gasteiger partial charge in [0.2, 0.25) is 12.2 Å². The lowest BCUT2D eigenvalue weighted by Crippen LogP contribution is -2.57. The van der Waals surface area contributed by atoms with Crippen molar-refractivity contribution in [3.63, 3.8) is 0 Å². The second-order valence-electron chi connectivity index (χ2n) is 12.8. The lowest BCUT2D eigenvalue weighted by Gasteiger charge is -2.51. The van der Waals surface area contributed by atoms with Crippen LogP contribution in [-0.4, -0.2) is 103 Å². The second-order valence-corrected chi connectivity index (χ2v) is 12.8. The highest BCUT2D eigenvalue weighted by Gasteiger charge is 2.57. The van der Waals surface area contributed by atoms with E-state index in [1.54, 1.807) is 0 Å². The zero-order valence-corrected chi connectivity index (χ0v) is 28.8. The van der Waals surface area contributed by atoms with Gasteiger partial charge in [-0.25, -0.2) is 14.4 Å². The zero-order valence-electron chi connectivity index (χ0n) is 28.8. The number of phenols is 6. The van der Waals surface area contributed by atoms with Gasteiger partial charge in [0.1, 0.15) is 0 Å². The molecule has 54 heavy (non-hydrogen) atoms. The number of carbonyl (C=O) groups is 4. The predicted molar refractivity (Wildman–Crippen MR) is 183 cm³/mol. The first-order valence-electron chi connectivity index (χ1n) is 16.5. The van der Waals surface area contributed by atoms with E-state index in [-0.39, 0.29) is 29.5 Å². The van der Waals surface area contributed by atoms with Gasteiger partial charge in [-0.3, -0.25) is 4.79 Å². The monoisotopic (exact) mass is 750 g/mol. The summed E-state index contributed by atoms with van der Waals surface area (Å²) in [5, 5.41) is 81.9. The summed E-state index contributed by atoms with van der Waals surface area (Å²) >= 11 is 0. The fraction of sp³-hybridized carbons (Fsp3) is 0.316. The highest BCUT2D eigenvalue weighted by molar-refractivity contribution is 5.87. The van der Waals surface area contributed by atoms with Gasteiger partial charge < -0.3 is 59.8 Å². The van der Waals surface area contributed by atoms with E-state index in [4.69, 9.17) is 18.9 Å². The van der Waals surface area contributed by atoms with Crippen molar-refractivity contribution in [1.29, 1.82) is 0 Å². The lowest BCUT2D eigenvalue weighted by atomic mass is 9.55. The Kier molecular flexibility index (Phi) is 11.7. The van der Waals surface area contributed by atoms with Crippen molar-refractivity contribution < 1.29 is 79.0 Å². The number of methoxy groups -OCH3 is 2. The van der Waals surface area contributed by atoms with Crippen LogP contribution in [0.2, 0.25) is 0 Å². The van der Waals surface area contributed by atoms with E-state index in [0.717, 1.165) is 26.4 Å². The highest BCUT2D eigenvalue weighted by atomic mass is 16.6. The Bertz CT molecular complexity index is 1990. The number of allylic oxidation sites excluding steroid dienone is 1. The molecule has 1 saturated carbocycles. The SMILES string of the molecule is COC(=O)[C@H](Cc1ccc(O)c(O)c1)OC(=O)C=CC1=C[C@@H]2[C@H](O)[C@H](O)[C@H]1[C@H](C(=O)O[C@@H](Cc1ccc(O)c(O)c1)C(=O)OC)[C@H]2c1ccc(O)c(O)c1. The third-order valence-corrected chi connectivity index (χ3v) is 9.51. The molecule has 3 aromatic carbocycles. The molecule has 3 aliphatic carbocycles. The number of aliphatic hydroxyl groups excluding tert-OH is 2. The van der Waals surface area contributed by atoms with E-state index in [1.165, 1.54) is 60.7 Å². The number of aromatic hydroxyl groups is 6. The van der Waals surface area contributed by atoms with Crippen LogP contribution in [0, 0.1) is 17.8 Å². The summed E-state index contributed by atoms with van der Waals surface area (Å²) in [4.78, 5) is 52.6. The number of aliphatic hydroxyl groups is 2. The van der Waals surface area contributed by atoms with E-state index >= 15 is 0 Å².